The number of halogens is 3. The lowest BCUT2D eigenvalue weighted by molar-refractivity contribution is -0.221. The maximum atomic E-state index is 13.4. The van der Waals surface area contributed by atoms with Crippen LogP contribution in [0.15, 0.2) is 30.3 Å². The van der Waals surface area contributed by atoms with Crippen LogP contribution in [-0.2, 0) is 35.2 Å². The van der Waals surface area contributed by atoms with Gasteiger partial charge in [-0.3, -0.25) is 4.79 Å². The van der Waals surface area contributed by atoms with Crippen molar-refractivity contribution in [1.82, 2.24) is 10.6 Å². The second-order valence-corrected chi connectivity index (χ2v) is 7.27. The summed E-state index contributed by atoms with van der Waals surface area (Å²) in [6, 6.07) is 5.62. The van der Waals surface area contributed by atoms with Crippen molar-refractivity contribution >= 4 is 23.9 Å². The SMILES string of the molecule is CCOC(=O)C(C)NC(=O)C(OC(=O)[C@@H](NC(=O)OCc1ccccc1)C(C)C)C(F)(F)F. The molecule has 0 aliphatic carbocycles. The van der Waals surface area contributed by atoms with E-state index in [0.29, 0.717) is 5.56 Å². The largest absolute Gasteiger partial charge is 0.464 e. The van der Waals surface area contributed by atoms with Gasteiger partial charge in [0.05, 0.1) is 6.61 Å². The highest BCUT2D eigenvalue weighted by molar-refractivity contribution is 5.90. The molecule has 0 aliphatic rings. The van der Waals surface area contributed by atoms with E-state index in [9.17, 15) is 32.3 Å². The van der Waals surface area contributed by atoms with Crippen molar-refractivity contribution in [2.75, 3.05) is 6.61 Å². The van der Waals surface area contributed by atoms with Gasteiger partial charge in [0.25, 0.3) is 12.0 Å². The van der Waals surface area contributed by atoms with Crippen LogP contribution in [0, 0.1) is 5.92 Å². The molecular weight excluding hydrogens is 449 g/mol. The number of alkyl carbamates (subject to hydrolysis) is 1. The molecule has 33 heavy (non-hydrogen) atoms. The maximum Gasteiger partial charge on any atom is 0.434 e. The van der Waals surface area contributed by atoms with E-state index in [4.69, 9.17) is 4.74 Å². The molecule has 0 spiro atoms. The highest BCUT2D eigenvalue weighted by atomic mass is 19.4. The fourth-order valence-corrected chi connectivity index (χ4v) is 2.46. The van der Waals surface area contributed by atoms with E-state index in [1.165, 1.54) is 20.8 Å². The number of alkyl halides is 3. The van der Waals surface area contributed by atoms with Gasteiger partial charge in [-0.1, -0.05) is 44.2 Å². The molecule has 0 saturated heterocycles. The highest BCUT2D eigenvalue weighted by Crippen LogP contribution is 2.24. The van der Waals surface area contributed by atoms with Crippen molar-refractivity contribution < 1.29 is 46.6 Å². The number of esters is 2. The number of ether oxygens (including phenoxy) is 3. The van der Waals surface area contributed by atoms with Gasteiger partial charge >= 0.3 is 24.2 Å². The fourth-order valence-electron chi connectivity index (χ4n) is 2.46. The lowest BCUT2D eigenvalue weighted by Crippen LogP contribution is -2.54. The molecule has 1 aromatic carbocycles. The van der Waals surface area contributed by atoms with Crippen molar-refractivity contribution in [3.63, 3.8) is 0 Å². The number of benzene rings is 1. The molecule has 0 aliphatic heterocycles. The van der Waals surface area contributed by atoms with Crippen molar-refractivity contribution in [2.24, 2.45) is 5.92 Å². The number of amides is 2. The molecule has 1 rings (SSSR count). The third kappa shape index (κ3) is 9.38. The number of hydrogen-bond donors (Lipinski definition) is 2. The zero-order chi connectivity index (χ0) is 25.2. The third-order valence-corrected chi connectivity index (χ3v) is 4.18. The Morgan fingerprint density at radius 2 is 1.55 bits per heavy atom. The molecular formula is C21H27F3N2O7. The molecule has 2 unspecified atom stereocenters. The molecule has 184 valence electrons. The van der Waals surface area contributed by atoms with Gasteiger partial charge in [-0.2, -0.15) is 13.2 Å². The van der Waals surface area contributed by atoms with Crippen LogP contribution in [0.2, 0.25) is 0 Å². The summed E-state index contributed by atoms with van der Waals surface area (Å²) in [5, 5.41) is 3.95. The van der Waals surface area contributed by atoms with Crippen LogP contribution in [-0.4, -0.2) is 54.9 Å². The number of hydrogen-bond acceptors (Lipinski definition) is 7. The van der Waals surface area contributed by atoms with Gasteiger partial charge in [0, 0.05) is 0 Å². The number of carbonyl (C=O) groups is 4. The van der Waals surface area contributed by atoms with E-state index < -0.39 is 54.2 Å². The molecule has 0 bridgehead atoms. The topological polar surface area (TPSA) is 120 Å². The Morgan fingerprint density at radius 3 is 2.06 bits per heavy atom. The van der Waals surface area contributed by atoms with Crippen molar-refractivity contribution in [2.45, 2.75) is 58.7 Å². The first-order chi connectivity index (χ1) is 15.4. The average molecular weight is 476 g/mol. The van der Waals surface area contributed by atoms with E-state index in [1.54, 1.807) is 35.6 Å². The standard InChI is InChI=1S/C21H27F3N2O7/c1-5-31-18(28)13(4)25-17(27)16(21(22,23)24)33-19(29)15(12(2)3)26-20(30)32-11-14-9-7-6-8-10-14/h6-10,12-13,15-16H,5,11H2,1-4H3,(H,25,27)(H,26,30)/t13?,15-,16?/m0/s1. The van der Waals surface area contributed by atoms with Crippen molar-refractivity contribution in [3.05, 3.63) is 35.9 Å². The lowest BCUT2D eigenvalue weighted by atomic mass is 10.1. The van der Waals surface area contributed by atoms with Gasteiger partial charge in [0.15, 0.2) is 0 Å². The average Bonchev–Trinajstić information content (AvgIpc) is 2.73. The Morgan fingerprint density at radius 1 is 0.939 bits per heavy atom. The van der Waals surface area contributed by atoms with Crippen molar-refractivity contribution in [3.8, 4) is 0 Å². The summed E-state index contributed by atoms with van der Waals surface area (Å²) in [6.45, 7) is 5.33. The summed E-state index contributed by atoms with van der Waals surface area (Å²) in [6.07, 6.45) is -9.53. The minimum absolute atomic E-state index is 0.0428. The Kier molecular flexibility index (Phi) is 10.6. The summed E-state index contributed by atoms with van der Waals surface area (Å²) >= 11 is 0. The van der Waals surface area contributed by atoms with E-state index in [2.05, 4.69) is 14.8 Å². The summed E-state index contributed by atoms with van der Waals surface area (Å²) in [7, 11) is 0. The van der Waals surface area contributed by atoms with E-state index in [1.807, 2.05) is 0 Å². The molecule has 9 nitrogen and oxygen atoms in total. The van der Waals surface area contributed by atoms with Crippen LogP contribution in [0.5, 0.6) is 0 Å². The van der Waals surface area contributed by atoms with Crippen LogP contribution in [0.3, 0.4) is 0 Å². The molecule has 0 radical (unpaired) electrons. The Bertz CT molecular complexity index is 816. The predicted octanol–water partition coefficient (Wildman–Crippen LogP) is 2.48. The van der Waals surface area contributed by atoms with Crippen LogP contribution < -0.4 is 10.6 Å². The van der Waals surface area contributed by atoms with Crippen LogP contribution in [0.25, 0.3) is 0 Å². The maximum absolute atomic E-state index is 13.4. The molecule has 2 N–H and O–H groups in total. The minimum atomic E-state index is -5.27. The Hall–Kier alpha value is -3.31. The van der Waals surface area contributed by atoms with Crippen LogP contribution in [0.4, 0.5) is 18.0 Å². The zero-order valence-electron chi connectivity index (χ0n) is 18.6. The number of rotatable bonds is 10. The van der Waals surface area contributed by atoms with E-state index in [0.717, 1.165) is 6.92 Å². The first-order valence-electron chi connectivity index (χ1n) is 10.1. The lowest BCUT2D eigenvalue weighted by Gasteiger charge is -2.25. The summed E-state index contributed by atoms with van der Waals surface area (Å²) in [4.78, 5) is 48.1. The second-order valence-electron chi connectivity index (χ2n) is 7.27. The molecule has 0 heterocycles. The van der Waals surface area contributed by atoms with Gasteiger partial charge < -0.3 is 24.8 Å². The summed E-state index contributed by atoms with van der Waals surface area (Å²) in [5.41, 5.74) is 0.654. The molecule has 0 fully saturated rings. The quantitative estimate of drug-likeness (QED) is 0.393. The van der Waals surface area contributed by atoms with Gasteiger partial charge in [-0.25, -0.2) is 14.4 Å². The zero-order valence-corrected chi connectivity index (χ0v) is 18.6. The fraction of sp³-hybridized carbons (Fsp3) is 0.524. The van der Waals surface area contributed by atoms with Gasteiger partial charge in [-0.15, -0.1) is 0 Å². The summed E-state index contributed by atoms with van der Waals surface area (Å²) < 4.78 is 54.2. The van der Waals surface area contributed by atoms with Crippen LogP contribution >= 0.6 is 0 Å². The van der Waals surface area contributed by atoms with Gasteiger partial charge in [-0.05, 0) is 25.3 Å². The smallest absolute Gasteiger partial charge is 0.434 e. The monoisotopic (exact) mass is 476 g/mol. The summed E-state index contributed by atoms with van der Waals surface area (Å²) in [5.74, 6) is -4.91. The molecule has 2 amide bonds. The molecule has 0 aromatic heterocycles. The minimum Gasteiger partial charge on any atom is -0.464 e. The predicted molar refractivity (Wildman–Crippen MR) is 109 cm³/mol. The normalized spacial score (nSPS) is 13.9. The first-order valence-corrected chi connectivity index (χ1v) is 10.1. The van der Waals surface area contributed by atoms with Crippen molar-refractivity contribution in [1.29, 1.82) is 0 Å². The molecule has 12 heteroatoms. The first kappa shape index (κ1) is 27.7. The number of nitrogens with one attached hydrogen (secondary N) is 2. The molecule has 1 aromatic rings. The Labute approximate surface area is 188 Å². The third-order valence-electron chi connectivity index (χ3n) is 4.18. The van der Waals surface area contributed by atoms with E-state index >= 15 is 0 Å². The van der Waals surface area contributed by atoms with Gasteiger partial charge in [0.2, 0.25) is 0 Å². The van der Waals surface area contributed by atoms with Gasteiger partial charge in [0.1, 0.15) is 18.7 Å². The molecule has 0 saturated carbocycles. The Balaban J connectivity index is 2.83. The highest BCUT2D eigenvalue weighted by Gasteiger charge is 2.49. The second kappa shape index (κ2) is 12.7. The number of carbonyl (C=O) groups excluding carboxylic acids is 4. The van der Waals surface area contributed by atoms with Crippen LogP contribution in [0.1, 0.15) is 33.3 Å². The van der Waals surface area contributed by atoms with E-state index in [-0.39, 0.29) is 13.2 Å². The molecule has 3 atom stereocenters.